The smallest absolute Gasteiger partial charge is 0.259 e. The predicted molar refractivity (Wildman–Crippen MR) is 112 cm³/mol. The maximum Gasteiger partial charge on any atom is 0.259 e. The number of carbonyl (C=O) groups excluding carboxylic acids is 2. The summed E-state index contributed by atoms with van der Waals surface area (Å²) in [6.07, 6.45) is 3.32. The largest absolute Gasteiger partial charge is 0.322 e. The number of thiophene rings is 1. The van der Waals surface area contributed by atoms with E-state index in [4.69, 9.17) is 0 Å². The fourth-order valence-corrected chi connectivity index (χ4v) is 4.58. The number of nitrogens with one attached hydrogen (secondary N) is 1. The molecular weight excluding hydrogens is 376 g/mol. The standard InChI is InChI=1S/C21H16N2O2S2/c1-23-17-10-8-14(22-20(24)11-9-15-5-4-12-26-15)13-19(17)27-18-7-3-2-6-16(18)21(23)25/h2-13H,1H3,(H,22,24)/b11-9+. The van der Waals surface area contributed by atoms with Crippen LogP contribution in [0, 0.1) is 0 Å². The summed E-state index contributed by atoms with van der Waals surface area (Å²) in [5, 5.41) is 4.86. The first-order chi connectivity index (χ1) is 13.1. The maximum absolute atomic E-state index is 12.7. The Morgan fingerprint density at radius 3 is 2.74 bits per heavy atom. The van der Waals surface area contributed by atoms with Gasteiger partial charge in [0.25, 0.3) is 5.91 Å². The molecule has 0 unspecified atom stereocenters. The number of hydrogen-bond acceptors (Lipinski definition) is 4. The van der Waals surface area contributed by atoms with Crippen molar-refractivity contribution in [1.82, 2.24) is 0 Å². The van der Waals surface area contributed by atoms with Gasteiger partial charge in [-0.1, -0.05) is 30.0 Å². The minimum absolute atomic E-state index is 0.0347. The average Bonchev–Trinajstić information content (AvgIpc) is 3.16. The molecule has 2 heterocycles. The van der Waals surface area contributed by atoms with Gasteiger partial charge >= 0.3 is 0 Å². The zero-order valence-corrected chi connectivity index (χ0v) is 16.1. The van der Waals surface area contributed by atoms with E-state index in [-0.39, 0.29) is 11.8 Å². The lowest BCUT2D eigenvalue weighted by atomic mass is 10.2. The van der Waals surface area contributed by atoms with Crippen LogP contribution in [0.2, 0.25) is 0 Å². The first kappa shape index (κ1) is 17.6. The summed E-state index contributed by atoms with van der Waals surface area (Å²) in [7, 11) is 1.77. The number of nitrogens with zero attached hydrogens (tertiary/aromatic N) is 1. The summed E-state index contributed by atoms with van der Waals surface area (Å²) in [6, 6.07) is 17.1. The van der Waals surface area contributed by atoms with E-state index >= 15 is 0 Å². The van der Waals surface area contributed by atoms with Crippen LogP contribution in [0.4, 0.5) is 11.4 Å². The highest BCUT2D eigenvalue weighted by Gasteiger charge is 2.24. The van der Waals surface area contributed by atoms with Crippen molar-refractivity contribution >= 4 is 52.4 Å². The van der Waals surface area contributed by atoms with Crippen molar-refractivity contribution in [2.45, 2.75) is 9.79 Å². The van der Waals surface area contributed by atoms with E-state index in [2.05, 4.69) is 5.32 Å². The van der Waals surface area contributed by atoms with Crippen LogP contribution in [0.15, 0.2) is 75.8 Å². The van der Waals surface area contributed by atoms with Crippen LogP contribution in [0.5, 0.6) is 0 Å². The van der Waals surface area contributed by atoms with Crippen LogP contribution in [-0.4, -0.2) is 18.9 Å². The minimum atomic E-state index is -0.188. The summed E-state index contributed by atoms with van der Waals surface area (Å²) in [5.41, 5.74) is 2.21. The lowest BCUT2D eigenvalue weighted by molar-refractivity contribution is -0.111. The number of anilines is 2. The topological polar surface area (TPSA) is 49.4 Å². The Morgan fingerprint density at radius 2 is 1.93 bits per heavy atom. The van der Waals surface area contributed by atoms with Gasteiger partial charge in [-0.2, -0.15) is 0 Å². The van der Waals surface area contributed by atoms with Crippen LogP contribution < -0.4 is 10.2 Å². The number of carbonyl (C=O) groups is 2. The predicted octanol–water partition coefficient (Wildman–Crippen LogP) is 5.14. The Hall–Kier alpha value is -2.83. The normalized spacial score (nSPS) is 13.2. The van der Waals surface area contributed by atoms with Crippen molar-refractivity contribution in [3.8, 4) is 0 Å². The van der Waals surface area contributed by atoms with Crippen molar-refractivity contribution in [2.75, 3.05) is 17.3 Å². The van der Waals surface area contributed by atoms with E-state index in [9.17, 15) is 9.59 Å². The Morgan fingerprint density at radius 1 is 1.07 bits per heavy atom. The lowest BCUT2D eigenvalue weighted by Crippen LogP contribution is -2.25. The van der Waals surface area contributed by atoms with Crippen molar-refractivity contribution in [1.29, 1.82) is 0 Å². The van der Waals surface area contributed by atoms with Crippen LogP contribution in [0.25, 0.3) is 6.08 Å². The van der Waals surface area contributed by atoms with E-state index < -0.39 is 0 Å². The number of hydrogen-bond donors (Lipinski definition) is 1. The number of fused-ring (bicyclic) bond motifs is 2. The molecule has 1 aromatic heterocycles. The molecule has 0 aliphatic carbocycles. The molecule has 0 fully saturated rings. The van der Waals surface area contributed by atoms with Crippen molar-refractivity contribution in [2.24, 2.45) is 0 Å². The Kier molecular flexibility index (Phi) is 4.83. The molecule has 27 heavy (non-hydrogen) atoms. The van der Waals surface area contributed by atoms with Gasteiger partial charge in [-0.25, -0.2) is 0 Å². The van der Waals surface area contributed by atoms with Gasteiger partial charge < -0.3 is 10.2 Å². The average molecular weight is 393 g/mol. The summed E-state index contributed by atoms with van der Waals surface area (Å²) in [4.78, 5) is 29.4. The summed E-state index contributed by atoms with van der Waals surface area (Å²) in [6.45, 7) is 0. The number of amides is 2. The second kappa shape index (κ2) is 7.42. The van der Waals surface area contributed by atoms with Crippen LogP contribution in [0.3, 0.4) is 0 Å². The third-order valence-corrected chi connectivity index (χ3v) is 6.13. The molecule has 0 saturated carbocycles. The van der Waals surface area contributed by atoms with E-state index in [1.165, 1.54) is 17.8 Å². The number of rotatable bonds is 3. The fourth-order valence-electron chi connectivity index (χ4n) is 2.82. The Balaban J connectivity index is 1.59. The molecule has 1 aliphatic heterocycles. The molecule has 134 valence electrons. The molecule has 1 N–H and O–H groups in total. The van der Waals surface area contributed by atoms with Crippen molar-refractivity contribution in [3.05, 3.63) is 76.5 Å². The molecule has 2 aromatic carbocycles. The third-order valence-electron chi connectivity index (χ3n) is 4.17. The minimum Gasteiger partial charge on any atom is -0.322 e. The molecule has 4 nitrogen and oxygen atoms in total. The zero-order chi connectivity index (χ0) is 18.8. The Bertz CT molecular complexity index is 1040. The quantitative estimate of drug-likeness (QED) is 0.628. The summed E-state index contributed by atoms with van der Waals surface area (Å²) in [5.74, 6) is -0.223. The van der Waals surface area contributed by atoms with Gasteiger partial charge in [0.15, 0.2) is 0 Å². The lowest BCUT2D eigenvalue weighted by Gasteiger charge is -2.18. The second-order valence-corrected chi connectivity index (χ2v) is 8.05. The molecule has 0 radical (unpaired) electrons. The first-order valence-electron chi connectivity index (χ1n) is 8.33. The third kappa shape index (κ3) is 3.67. The van der Waals surface area contributed by atoms with Gasteiger partial charge in [0, 0.05) is 33.5 Å². The van der Waals surface area contributed by atoms with E-state index in [1.807, 2.05) is 60.0 Å². The van der Waals surface area contributed by atoms with Crippen LogP contribution in [0.1, 0.15) is 15.2 Å². The Labute approximate surface area is 165 Å². The van der Waals surface area contributed by atoms with Gasteiger partial charge in [0.05, 0.1) is 11.3 Å². The molecule has 0 atom stereocenters. The maximum atomic E-state index is 12.7. The molecule has 3 aromatic rings. The molecule has 1 aliphatic rings. The molecular formula is C21H16N2O2S2. The van der Waals surface area contributed by atoms with E-state index in [0.717, 1.165) is 20.4 Å². The monoisotopic (exact) mass is 392 g/mol. The molecule has 0 spiro atoms. The summed E-state index contributed by atoms with van der Waals surface area (Å²) < 4.78 is 0. The van der Waals surface area contributed by atoms with E-state index in [1.54, 1.807) is 29.4 Å². The first-order valence-corrected chi connectivity index (χ1v) is 10.0. The molecule has 0 bridgehead atoms. The highest BCUT2D eigenvalue weighted by atomic mass is 32.2. The SMILES string of the molecule is CN1C(=O)c2ccccc2Sc2cc(NC(=O)/C=C/c3cccs3)ccc21. The number of benzene rings is 2. The van der Waals surface area contributed by atoms with Gasteiger partial charge in [-0.05, 0) is 47.9 Å². The van der Waals surface area contributed by atoms with Crippen molar-refractivity contribution < 1.29 is 9.59 Å². The molecule has 4 rings (SSSR count). The van der Waals surface area contributed by atoms with E-state index in [0.29, 0.717) is 11.3 Å². The van der Waals surface area contributed by atoms with Crippen molar-refractivity contribution in [3.63, 3.8) is 0 Å². The van der Waals surface area contributed by atoms with Gasteiger partial charge in [-0.15, -0.1) is 11.3 Å². The molecule has 2 amide bonds. The van der Waals surface area contributed by atoms with Gasteiger partial charge in [0.1, 0.15) is 0 Å². The highest BCUT2D eigenvalue weighted by Crippen LogP contribution is 2.41. The second-order valence-electron chi connectivity index (χ2n) is 5.98. The van der Waals surface area contributed by atoms with Crippen LogP contribution in [-0.2, 0) is 4.79 Å². The van der Waals surface area contributed by atoms with Gasteiger partial charge in [-0.3, -0.25) is 9.59 Å². The van der Waals surface area contributed by atoms with Gasteiger partial charge in [0.2, 0.25) is 5.91 Å². The highest BCUT2D eigenvalue weighted by molar-refractivity contribution is 7.99. The zero-order valence-electron chi connectivity index (χ0n) is 14.5. The molecule has 0 saturated heterocycles. The summed E-state index contributed by atoms with van der Waals surface area (Å²) >= 11 is 3.11. The fraction of sp³-hybridized carbons (Fsp3) is 0.0476. The molecule has 6 heteroatoms. The van der Waals surface area contributed by atoms with Crippen LogP contribution >= 0.6 is 23.1 Å².